The molecule has 0 unspecified atom stereocenters. The fourth-order valence-electron chi connectivity index (χ4n) is 1.55. The second kappa shape index (κ2) is 5.31. The highest BCUT2D eigenvalue weighted by molar-refractivity contribution is 6.01. The van der Waals surface area contributed by atoms with Crippen molar-refractivity contribution < 1.29 is 14.4 Å². The number of terminal acetylenes is 1. The Bertz CT molecular complexity index is 339. The third-order valence-electron chi connectivity index (χ3n) is 2.34. The Balaban J connectivity index is 2.53. The van der Waals surface area contributed by atoms with E-state index in [9.17, 15) is 14.4 Å². The fraction of sp³-hybridized carbons (Fsp3) is 0.545. The molecule has 0 radical (unpaired) electrons. The molecule has 0 atom stereocenters. The number of likely N-dealkylation sites (tertiary alicyclic amines) is 1. The quantitative estimate of drug-likeness (QED) is 0.518. The summed E-state index contributed by atoms with van der Waals surface area (Å²) in [5.41, 5.74) is 0. The molecule has 0 saturated carbocycles. The van der Waals surface area contributed by atoms with E-state index in [-0.39, 0.29) is 30.8 Å². The van der Waals surface area contributed by atoms with E-state index in [1.165, 1.54) is 0 Å². The van der Waals surface area contributed by atoms with E-state index < -0.39 is 5.91 Å². The van der Waals surface area contributed by atoms with Crippen molar-refractivity contribution in [2.24, 2.45) is 5.92 Å². The molecule has 1 fully saturated rings. The van der Waals surface area contributed by atoms with E-state index in [1.54, 1.807) is 0 Å². The third kappa shape index (κ3) is 3.09. The molecule has 0 bridgehead atoms. The van der Waals surface area contributed by atoms with Gasteiger partial charge in [0.05, 0.1) is 6.54 Å². The predicted octanol–water partition coefficient (Wildman–Crippen LogP) is -0.479. The largest absolute Gasteiger partial charge is 0.344 e. The van der Waals surface area contributed by atoms with Crippen LogP contribution in [0.5, 0.6) is 0 Å². The molecule has 0 aromatic rings. The Morgan fingerprint density at radius 1 is 1.50 bits per heavy atom. The van der Waals surface area contributed by atoms with E-state index in [0.29, 0.717) is 12.8 Å². The zero-order chi connectivity index (χ0) is 12.1. The summed E-state index contributed by atoms with van der Waals surface area (Å²) in [6.07, 6.45) is 5.60. The van der Waals surface area contributed by atoms with Gasteiger partial charge in [-0.15, -0.1) is 6.42 Å². The summed E-state index contributed by atoms with van der Waals surface area (Å²) in [6.45, 7) is 1.71. The van der Waals surface area contributed by atoms with Gasteiger partial charge < -0.3 is 5.32 Å². The van der Waals surface area contributed by atoms with Gasteiger partial charge in [-0.2, -0.15) is 0 Å². The summed E-state index contributed by atoms with van der Waals surface area (Å²) in [4.78, 5) is 35.3. The summed E-state index contributed by atoms with van der Waals surface area (Å²) >= 11 is 0. The average molecular weight is 222 g/mol. The van der Waals surface area contributed by atoms with Gasteiger partial charge in [-0.05, 0) is 5.92 Å². The first-order valence-electron chi connectivity index (χ1n) is 5.08. The van der Waals surface area contributed by atoms with Crippen LogP contribution < -0.4 is 5.32 Å². The predicted molar refractivity (Wildman–Crippen MR) is 57.0 cm³/mol. The lowest BCUT2D eigenvalue weighted by Crippen LogP contribution is -2.47. The van der Waals surface area contributed by atoms with E-state index in [2.05, 4.69) is 11.2 Å². The summed E-state index contributed by atoms with van der Waals surface area (Å²) in [5, 5.41) is 2.41. The summed E-state index contributed by atoms with van der Waals surface area (Å²) < 4.78 is 0. The highest BCUT2D eigenvalue weighted by Crippen LogP contribution is 2.18. The maximum atomic E-state index is 11.5. The van der Waals surface area contributed by atoms with Crippen LogP contribution >= 0.6 is 0 Å². The van der Waals surface area contributed by atoms with E-state index in [1.807, 2.05) is 6.92 Å². The molecule has 1 rings (SSSR count). The number of piperidine rings is 1. The smallest absolute Gasteiger partial charge is 0.240 e. The van der Waals surface area contributed by atoms with Gasteiger partial charge in [0, 0.05) is 12.8 Å². The first-order valence-corrected chi connectivity index (χ1v) is 5.08. The fourth-order valence-corrected chi connectivity index (χ4v) is 1.55. The Kier molecular flexibility index (Phi) is 4.06. The van der Waals surface area contributed by atoms with E-state index in [4.69, 9.17) is 6.42 Å². The van der Waals surface area contributed by atoms with E-state index in [0.717, 1.165) is 4.90 Å². The van der Waals surface area contributed by atoms with Crippen LogP contribution in [0.4, 0.5) is 0 Å². The number of hydrogen-bond acceptors (Lipinski definition) is 3. The normalized spacial score (nSPS) is 17.1. The zero-order valence-electron chi connectivity index (χ0n) is 9.16. The molecule has 5 nitrogen and oxygen atoms in total. The molecule has 1 aliphatic heterocycles. The highest BCUT2D eigenvalue weighted by Gasteiger charge is 2.31. The van der Waals surface area contributed by atoms with Gasteiger partial charge in [0.1, 0.15) is 6.54 Å². The highest BCUT2D eigenvalue weighted by atomic mass is 16.2. The standard InChI is InChI=1S/C11H14N2O3/c1-3-4-12-9(14)7-13-10(15)5-8(2)6-11(13)16/h1,8H,4-7H2,2H3,(H,12,14). The Morgan fingerprint density at radius 3 is 2.56 bits per heavy atom. The summed E-state index contributed by atoms with van der Waals surface area (Å²) in [5.74, 6) is 1.31. The van der Waals surface area contributed by atoms with Gasteiger partial charge in [0.2, 0.25) is 17.7 Å². The SMILES string of the molecule is C#CCNC(=O)CN1C(=O)CC(C)CC1=O. The van der Waals surface area contributed by atoms with Gasteiger partial charge in [-0.3, -0.25) is 19.3 Å². The molecule has 0 aliphatic carbocycles. The molecular weight excluding hydrogens is 208 g/mol. The van der Waals surface area contributed by atoms with Crippen molar-refractivity contribution in [3.05, 3.63) is 0 Å². The molecule has 0 aromatic carbocycles. The molecule has 86 valence electrons. The van der Waals surface area contributed by atoms with Crippen molar-refractivity contribution in [1.82, 2.24) is 10.2 Å². The lowest BCUT2D eigenvalue weighted by atomic mass is 9.98. The van der Waals surface area contributed by atoms with Crippen LogP contribution in [0.25, 0.3) is 0 Å². The van der Waals surface area contributed by atoms with Crippen LogP contribution in [-0.4, -0.2) is 35.7 Å². The molecule has 0 spiro atoms. The minimum Gasteiger partial charge on any atom is -0.344 e. The van der Waals surface area contributed by atoms with Crippen LogP contribution in [0, 0.1) is 18.3 Å². The number of rotatable bonds is 3. The van der Waals surface area contributed by atoms with E-state index >= 15 is 0 Å². The van der Waals surface area contributed by atoms with Crippen molar-refractivity contribution in [1.29, 1.82) is 0 Å². The van der Waals surface area contributed by atoms with Gasteiger partial charge in [0.15, 0.2) is 0 Å². The maximum absolute atomic E-state index is 11.5. The van der Waals surface area contributed by atoms with Crippen LogP contribution in [0.1, 0.15) is 19.8 Å². The van der Waals surface area contributed by atoms with Crippen molar-refractivity contribution in [3.63, 3.8) is 0 Å². The number of nitrogens with zero attached hydrogens (tertiary/aromatic N) is 1. The number of amides is 3. The van der Waals surface area contributed by atoms with Crippen molar-refractivity contribution in [2.45, 2.75) is 19.8 Å². The van der Waals surface area contributed by atoms with Crippen molar-refractivity contribution in [3.8, 4) is 12.3 Å². The van der Waals surface area contributed by atoms with Crippen LogP contribution in [0.15, 0.2) is 0 Å². The second-order valence-corrected chi connectivity index (χ2v) is 3.87. The molecular formula is C11H14N2O3. The molecule has 1 N–H and O–H groups in total. The summed E-state index contributed by atoms with van der Waals surface area (Å²) in [7, 11) is 0. The number of carbonyl (C=O) groups is 3. The van der Waals surface area contributed by atoms with Gasteiger partial charge in [-0.25, -0.2) is 0 Å². The number of imide groups is 1. The van der Waals surface area contributed by atoms with Crippen LogP contribution in [0.3, 0.4) is 0 Å². The van der Waals surface area contributed by atoms with Gasteiger partial charge in [-0.1, -0.05) is 12.8 Å². The number of hydrogen-bond donors (Lipinski definition) is 1. The van der Waals surface area contributed by atoms with Crippen molar-refractivity contribution >= 4 is 17.7 Å². The van der Waals surface area contributed by atoms with Crippen LogP contribution in [0.2, 0.25) is 0 Å². The monoisotopic (exact) mass is 222 g/mol. The van der Waals surface area contributed by atoms with Gasteiger partial charge in [0.25, 0.3) is 0 Å². The minimum atomic E-state index is -0.408. The first-order chi connectivity index (χ1) is 7.54. The molecule has 1 heterocycles. The maximum Gasteiger partial charge on any atom is 0.240 e. The summed E-state index contributed by atoms with van der Waals surface area (Å²) in [6, 6.07) is 0. The lowest BCUT2D eigenvalue weighted by molar-refractivity contribution is -0.152. The lowest BCUT2D eigenvalue weighted by Gasteiger charge is -2.27. The zero-order valence-corrected chi connectivity index (χ0v) is 9.16. The Morgan fingerprint density at radius 2 is 2.06 bits per heavy atom. The molecule has 3 amide bonds. The number of carbonyl (C=O) groups excluding carboxylic acids is 3. The molecule has 0 aromatic heterocycles. The molecule has 16 heavy (non-hydrogen) atoms. The molecule has 1 saturated heterocycles. The molecule has 1 aliphatic rings. The Hall–Kier alpha value is -1.83. The minimum absolute atomic E-state index is 0.0602. The average Bonchev–Trinajstić information content (AvgIpc) is 2.20. The second-order valence-electron chi connectivity index (χ2n) is 3.87. The topological polar surface area (TPSA) is 66.5 Å². The Labute approximate surface area is 94.2 Å². The first kappa shape index (κ1) is 12.2. The third-order valence-corrected chi connectivity index (χ3v) is 2.34. The van der Waals surface area contributed by atoms with Gasteiger partial charge >= 0.3 is 0 Å². The van der Waals surface area contributed by atoms with Crippen LogP contribution in [-0.2, 0) is 14.4 Å². The molecule has 5 heteroatoms. The van der Waals surface area contributed by atoms with Crippen molar-refractivity contribution in [2.75, 3.05) is 13.1 Å². The number of nitrogens with one attached hydrogen (secondary N) is 1.